The van der Waals surface area contributed by atoms with Gasteiger partial charge in [-0.05, 0) is 73.8 Å². The topological polar surface area (TPSA) is 59.0 Å². The van der Waals surface area contributed by atoms with Gasteiger partial charge in [0.25, 0.3) is 0 Å². The van der Waals surface area contributed by atoms with E-state index in [1.165, 1.54) is 17.0 Å². The molecule has 2 amide bonds. The summed E-state index contributed by atoms with van der Waals surface area (Å²) < 4.78 is 19.2. The zero-order valence-electron chi connectivity index (χ0n) is 19.7. The second-order valence-electron chi connectivity index (χ2n) is 9.19. The Morgan fingerprint density at radius 1 is 1.18 bits per heavy atom. The molecule has 2 aliphatic rings. The van der Waals surface area contributed by atoms with E-state index >= 15 is 0 Å². The van der Waals surface area contributed by atoms with Gasteiger partial charge in [0.1, 0.15) is 18.5 Å². The van der Waals surface area contributed by atoms with Crippen molar-refractivity contribution in [2.75, 3.05) is 6.61 Å². The number of rotatable bonds is 6. The molecule has 0 radical (unpaired) electrons. The van der Waals surface area contributed by atoms with Crippen LogP contribution in [0.15, 0.2) is 60.1 Å². The molecular formula is C28H31FN2O3. The number of carbonyl (C=O) groups is 2. The summed E-state index contributed by atoms with van der Waals surface area (Å²) in [5.74, 6) is -0.393. The summed E-state index contributed by atoms with van der Waals surface area (Å²) >= 11 is 0. The molecule has 0 N–H and O–H groups in total. The number of allylic oxidation sites excluding steroid dienone is 1. The number of benzene rings is 2. The molecule has 4 rings (SSSR count). The third kappa shape index (κ3) is 4.81. The number of ether oxygens (including phenoxy) is 1. The minimum Gasteiger partial charge on any atom is -0.446 e. The number of hydrogen-bond acceptors (Lipinski definition) is 4. The summed E-state index contributed by atoms with van der Waals surface area (Å²) in [6.45, 7) is 8.21. The summed E-state index contributed by atoms with van der Waals surface area (Å²) in [4.78, 5) is 31.5. The van der Waals surface area contributed by atoms with Crippen LogP contribution in [-0.4, -0.2) is 29.7 Å². The molecule has 1 saturated carbocycles. The Labute approximate surface area is 200 Å². The molecule has 1 unspecified atom stereocenters. The number of nitrogens with zero attached hydrogens (tertiary/aromatic N) is 2. The minimum atomic E-state index is -0.567. The van der Waals surface area contributed by atoms with Crippen LogP contribution in [0, 0.1) is 23.6 Å². The van der Waals surface area contributed by atoms with Crippen LogP contribution in [0.4, 0.5) is 14.9 Å². The Kier molecular flexibility index (Phi) is 7.25. The molecule has 0 aromatic heterocycles. The van der Waals surface area contributed by atoms with Crippen LogP contribution < -0.4 is 0 Å². The maximum atomic E-state index is 13.9. The predicted molar refractivity (Wildman–Crippen MR) is 131 cm³/mol. The Bertz CT molecular complexity index is 1090. The fourth-order valence-electron chi connectivity index (χ4n) is 5.21. The van der Waals surface area contributed by atoms with Crippen LogP contribution in [0.3, 0.4) is 0 Å². The van der Waals surface area contributed by atoms with Gasteiger partial charge in [-0.3, -0.25) is 9.79 Å². The molecule has 1 heterocycles. The molecule has 178 valence electrons. The molecule has 2 aromatic carbocycles. The van der Waals surface area contributed by atoms with E-state index in [0.29, 0.717) is 0 Å². The van der Waals surface area contributed by atoms with Gasteiger partial charge in [0, 0.05) is 17.7 Å². The van der Waals surface area contributed by atoms with Crippen molar-refractivity contribution in [3.8, 4) is 0 Å². The van der Waals surface area contributed by atoms with Gasteiger partial charge >= 0.3 is 6.09 Å². The largest absolute Gasteiger partial charge is 0.446 e. The number of amides is 2. The average Bonchev–Trinajstić information content (AvgIpc) is 3.25. The minimum absolute atomic E-state index is 0.169. The number of imide groups is 1. The van der Waals surface area contributed by atoms with Crippen LogP contribution >= 0.6 is 0 Å². The van der Waals surface area contributed by atoms with Gasteiger partial charge in [-0.25, -0.2) is 14.1 Å². The highest BCUT2D eigenvalue weighted by atomic mass is 19.1. The second kappa shape index (κ2) is 10.3. The van der Waals surface area contributed by atoms with Gasteiger partial charge in [0.05, 0.1) is 5.69 Å². The standard InChI is InChI=1S/C28H31FN2O3/c1-4-30-25-15-14-23(29)16-24(25)18(2)20-10-12-21(13-11-20)19(3)27(32)31-26(17-34-28(31)33)22-8-6-5-7-9-22/h4-9,14-16,19-21,26H,2,10-13,17H2,1,3H3/t19?,20?,21?,26-/m0/s1. The normalized spacial score (nSPS) is 23.7. The highest BCUT2D eigenvalue weighted by molar-refractivity contribution is 5.95. The maximum Gasteiger partial charge on any atom is 0.417 e. The highest BCUT2D eigenvalue weighted by Crippen LogP contribution is 2.42. The van der Waals surface area contributed by atoms with Crippen molar-refractivity contribution in [3.63, 3.8) is 0 Å². The van der Waals surface area contributed by atoms with Crippen molar-refractivity contribution in [3.05, 3.63) is 72.1 Å². The molecule has 5 nitrogen and oxygen atoms in total. The first-order valence-electron chi connectivity index (χ1n) is 11.9. The molecule has 1 saturated heterocycles. The van der Waals surface area contributed by atoms with Crippen LogP contribution in [0.5, 0.6) is 0 Å². The molecule has 1 aliphatic heterocycles. The maximum absolute atomic E-state index is 13.9. The van der Waals surface area contributed by atoms with Crippen LogP contribution in [0.25, 0.3) is 5.57 Å². The summed E-state index contributed by atoms with van der Waals surface area (Å²) in [5.41, 5.74) is 3.26. The second-order valence-corrected chi connectivity index (χ2v) is 9.19. The third-order valence-electron chi connectivity index (χ3n) is 7.23. The molecule has 6 heteroatoms. The molecule has 1 aliphatic carbocycles. The van der Waals surface area contributed by atoms with E-state index in [-0.39, 0.29) is 42.1 Å². The number of cyclic esters (lactones) is 1. The SMILES string of the molecule is C=C(c1cc(F)ccc1N=CC)C1CCC(C(C)C(=O)N2C(=O)OC[C@H]2c2ccccc2)CC1. The van der Waals surface area contributed by atoms with Crippen molar-refractivity contribution < 1.29 is 18.7 Å². The lowest BCUT2D eigenvalue weighted by atomic mass is 9.72. The lowest BCUT2D eigenvalue weighted by Gasteiger charge is -2.34. The van der Waals surface area contributed by atoms with Crippen molar-refractivity contribution in [2.45, 2.75) is 45.6 Å². The van der Waals surface area contributed by atoms with Gasteiger partial charge in [-0.1, -0.05) is 43.8 Å². The summed E-state index contributed by atoms with van der Waals surface area (Å²) in [7, 11) is 0. The predicted octanol–water partition coefficient (Wildman–Crippen LogP) is 6.72. The van der Waals surface area contributed by atoms with E-state index < -0.39 is 6.09 Å². The molecule has 34 heavy (non-hydrogen) atoms. The zero-order valence-corrected chi connectivity index (χ0v) is 19.7. The number of aliphatic imine (C=N–C) groups is 1. The van der Waals surface area contributed by atoms with Gasteiger partial charge in [-0.15, -0.1) is 0 Å². The summed E-state index contributed by atoms with van der Waals surface area (Å²) in [6.07, 6.45) is 4.54. The Morgan fingerprint density at radius 3 is 2.56 bits per heavy atom. The zero-order chi connectivity index (χ0) is 24.2. The monoisotopic (exact) mass is 462 g/mol. The van der Waals surface area contributed by atoms with Gasteiger partial charge in [-0.2, -0.15) is 0 Å². The first-order valence-corrected chi connectivity index (χ1v) is 11.9. The fraction of sp³-hybridized carbons (Fsp3) is 0.393. The quantitative estimate of drug-likeness (QED) is 0.448. The Balaban J connectivity index is 1.42. The number of halogens is 1. The first-order chi connectivity index (χ1) is 16.4. The van der Waals surface area contributed by atoms with E-state index in [1.807, 2.05) is 44.2 Å². The van der Waals surface area contributed by atoms with E-state index in [1.54, 1.807) is 12.3 Å². The number of hydrogen-bond donors (Lipinski definition) is 0. The smallest absolute Gasteiger partial charge is 0.417 e. The van der Waals surface area contributed by atoms with Gasteiger partial charge < -0.3 is 4.74 Å². The molecule has 0 bridgehead atoms. The Morgan fingerprint density at radius 2 is 1.88 bits per heavy atom. The van der Waals surface area contributed by atoms with Crippen LogP contribution in [0.2, 0.25) is 0 Å². The molecular weight excluding hydrogens is 431 g/mol. The molecule has 2 aromatic rings. The molecule has 0 spiro atoms. The average molecular weight is 463 g/mol. The lowest BCUT2D eigenvalue weighted by molar-refractivity contribution is -0.135. The van der Waals surface area contributed by atoms with Crippen molar-refractivity contribution in [2.24, 2.45) is 22.7 Å². The number of carbonyl (C=O) groups excluding carboxylic acids is 2. The van der Waals surface area contributed by atoms with E-state index in [9.17, 15) is 14.0 Å². The third-order valence-corrected chi connectivity index (χ3v) is 7.23. The lowest BCUT2D eigenvalue weighted by Crippen LogP contribution is -2.40. The Hall–Kier alpha value is -3.28. The summed E-state index contributed by atoms with van der Waals surface area (Å²) in [5, 5.41) is 0. The summed E-state index contributed by atoms with van der Waals surface area (Å²) in [6, 6.07) is 13.7. The van der Waals surface area contributed by atoms with E-state index in [2.05, 4.69) is 11.6 Å². The van der Waals surface area contributed by atoms with Crippen molar-refractivity contribution in [1.82, 2.24) is 4.90 Å². The highest BCUT2D eigenvalue weighted by Gasteiger charge is 2.42. The van der Waals surface area contributed by atoms with E-state index in [0.717, 1.165) is 48.1 Å². The molecule has 2 atom stereocenters. The van der Waals surface area contributed by atoms with Gasteiger partial charge in [0.2, 0.25) is 5.91 Å². The van der Waals surface area contributed by atoms with Crippen molar-refractivity contribution in [1.29, 1.82) is 0 Å². The van der Waals surface area contributed by atoms with Crippen LogP contribution in [-0.2, 0) is 9.53 Å². The van der Waals surface area contributed by atoms with E-state index in [4.69, 9.17) is 4.74 Å². The molecule has 2 fully saturated rings. The first kappa shape index (κ1) is 23.9. The fourth-order valence-corrected chi connectivity index (χ4v) is 5.21. The van der Waals surface area contributed by atoms with Crippen molar-refractivity contribution >= 4 is 29.5 Å². The van der Waals surface area contributed by atoms with Crippen LogP contribution in [0.1, 0.15) is 56.7 Å². The van der Waals surface area contributed by atoms with Gasteiger partial charge in [0.15, 0.2) is 0 Å².